The summed E-state index contributed by atoms with van der Waals surface area (Å²) in [6.07, 6.45) is -3.38. The second kappa shape index (κ2) is 5.93. The summed E-state index contributed by atoms with van der Waals surface area (Å²) in [7, 11) is -3.91. The summed E-state index contributed by atoms with van der Waals surface area (Å²) in [4.78, 5) is 25.2. The zero-order valence-corrected chi connectivity index (χ0v) is 12.6. The van der Waals surface area contributed by atoms with Crippen LogP contribution in [0.1, 0.15) is 11.8 Å². The van der Waals surface area contributed by atoms with E-state index < -0.39 is 52.5 Å². The lowest BCUT2D eigenvalue weighted by molar-refractivity contribution is -0.0544. The van der Waals surface area contributed by atoms with Crippen molar-refractivity contribution in [3.63, 3.8) is 0 Å². The van der Waals surface area contributed by atoms with E-state index in [-0.39, 0.29) is 5.56 Å². The predicted molar refractivity (Wildman–Crippen MR) is 72.8 cm³/mol. The maximum atomic E-state index is 11.8. The number of H-pyrrole nitrogens is 1. The minimum atomic E-state index is -3.91. The quantitative estimate of drug-likeness (QED) is 0.509. The van der Waals surface area contributed by atoms with Crippen molar-refractivity contribution in [3.05, 3.63) is 32.6 Å². The van der Waals surface area contributed by atoms with Gasteiger partial charge in [0.1, 0.15) is 18.3 Å². The summed E-state index contributed by atoms with van der Waals surface area (Å²) in [5, 5.41) is 19.4. The number of aromatic nitrogens is 2. The van der Waals surface area contributed by atoms with Crippen molar-refractivity contribution in [1.29, 1.82) is 0 Å². The van der Waals surface area contributed by atoms with Gasteiger partial charge in [0.25, 0.3) is 15.7 Å². The van der Waals surface area contributed by atoms with Gasteiger partial charge in [-0.1, -0.05) is 0 Å². The molecule has 0 spiro atoms. The highest BCUT2D eigenvalue weighted by atomic mass is 32.2. The van der Waals surface area contributed by atoms with Gasteiger partial charge in [0.05, 0.1) is 12.9 Å². The predicted octanol–water partition coefficient (Wildman–Crippen LogP) is -2.56. The van der Waals surface area contributed by atoms with E-state index in [1.807, 2.05) is 4.98 Å². The highest BCUT2D eigenvalue weighted by Crippen LogP contribution is 2.31. The molecule has 2 heterocycles. The molecule has 0 saturated carbocycles. The molecule has 1 saturated heterocycles. The average Bonchev–Trinajstić information content (AvgIpc) is 2.69. The van der Waals surface area contributed by atoms with Crippen molar-refractivity contribution < 1.29 is 27.6 Å². The summed E-state index contributed by atoms with van der Waals surface area (Å²) < 4.78 is 33.4. The molecule has 3 N–H and O–H groups in total. The van der Waals surface area contributed by atoms with Gasteiger partial charge in [-0.05, 0) is 6.92 Å². The molecule has 0 aromatic carbocycles. The molecule has 0 aliphatic carbocycles. The molecule has 22 heavy (non-hydrogen) atoms. The molecule has 4 atom stereocenters. The van der Waals surface area contributed by atoms with E-state index >= 15 is 0 Å². The number of ether oxygens (including phenoxy) is 1. The van der Waals surface area contributed by atoms with Crippen LogP contribution in [0, 0.1) is 6.92 Å². The number of nitrogens with one attached hydrogen (secondary N) is 1. The SMILES string of the molecule is Cc1cn([C@@H]2O[C@H](CO)[C@H](OS(C)(=O)=O)[C@H]2O)c(=O)[nH]c1=O. The van der Waals surface area contributed by atoms with E-state index in [1.165, 1.54) is 13.1 Å². The first-order valence-corrected chi connectivity index (χ1v) is 8.10. The third-order valence-corrected chi connectivity index (χ3v) is 3.77. The Hall–Kier alpha value is -1.53. The minimum absolute atomic E-state index is 0.198. The van der Waals surface area contributed by atoms with Gasteiger partial charge in [0, 0.05) is 11.8 Å². The van der Waals surface area contributed by atoms with Gasteiger partial charge in [-0.15, -0.1) is 0 Å². The maximum Gasteiger partial charge on any atom is 0.330 e. The second-order valence-corrected chi connectivity index (χ2v) is 6.58. The number of aliphatic hydroxyl groups excluding tert-OH is 2. The number of aryl methyl sites for hydroxylation is 1. The third kappa shape index (κ3) is 3.28. The number of rotatable bonds is 4. The number of aliphatic hydroxyl groups is 2. The van der Waals surface area contributed by atoms with Crippen LogP contribution in [0.25, 0.3) is 0 Å². The number of hydrogen-bond acceptors (Lipinski definition) is 8. The Morgan fingerprint density at radius 3 is 2.64 bits per heavy atom. The summed E-state index contributed by atoms with van der Waals surface area (Å²) in [6.45, 7) is 0.828. The molecule has 1 aromatic rings. The van der Waals surface area contributed by atoms with Crippen LogP contribution in [0.3, 0.4) is 0 Å². The first-order valence-electron chi connectivity index (χ1n) is 6.28. The number of hydrogen-bond donors (Lipinski definition) is 3. The van der Waals surface area contributed by atoms with Crippen LogP contribution in [0.4, 0.5) is 0 Å². The van der Waals surface area contributed by atoms with Crippen molar-refractivity contribution in [2.24, 2.45) is 0 Å². The van der Waals surface area contributed by atoms with Crippen LogP contribution in [0.15, 0.2) is 15.8 Å². The lowest BCUT2D eigenvalue weighted by Crippen LogP contribution is -2.40. The van der Waals surface area contributed by atoms with Gasteiger partial charge in [-0.3, -0.25) is 18.5 Å². The van der Waals surface area contributed by atoms with Crippen LogP contribution in [-0.4, -0.2) is 59.4 Å². The molecule has 1 fully saturated rings. The highest BCUT2D eigenvalue weighted by molar-refractivity contribution is 7.86. The zero-order chi connectivity index (χ0) is 16.7. The highest BCUT2D eigenvalue weighted by Gasteiger charge is 2.47. The molecule has 0 unspecified atom stereocenters. The Bertz CT molecular complexity index is 767. The Morgan fingerprint density at radius 1 is 1.45 bits per heavy atom. The van der Waals surface area contributed by atoms with E-state index in [4.69, 9.17) is 8.92 Å². The Balaban J connectivity index is 2.40. The monoisotopic (exact) mass is 336 g/mol. The number of nitrogens with zero attached hydrogens (tertiary/aromatic N) is 1. The van der Waals surface area contributed by atoms with E-state index in [9.17, 15) is 28.2 Å². The van der Waals surface area contributed by atoms with Crippen molar-refractivity contribution in [3.8, 4) is 0 Å². The van der Waals surface area contributed by atoms with E-state index in [0.29, 0.717) is 0 Å². The molecule has 11 heteroatoms. The van der Waals surface area contributed by atoms with Crippen LogP contribution >= 0.6 is 0 Å². The van der Waals surface area contributed by atoms with Gasteiger partial charge < -0.3 is 14.9 Å². The van der Waals surface area contributed by atoms with Crippen molar-refractivity contribution in [1.82, 2.24) is 9.55 Å². The van der Waals surface area contributed by atoms with Crippen LogP contribution in [0.5, 0.6) is 0 Å². The molecule has 124 valence electrons. The fourth-order valence-corrected chi connectivity index (χ4v) is 2.83. The van der Waals surface area contributed by atoms with Gasteiger partial charge in [-0.25, -0.2) is 4.79 Å². The molecule has 2 rings (SSSR count). The normalized spacial score (nSPS) is 28.9. The Morgan fingerprint density at radius 2 is 2.09 bits per heavy atom. The number of aromatic amines is 1. The zero-order valence-electron chi connectivity index (χ0n) is 11.8. The molecule has 1 aliphatic heterocycles. The largest absolute Gasteiger partial charge is 0.394 e. The fraction of sp³-hybridized carbons (Fsp3) is 0.636. The van der Waals surface area contributed by atoms with Crippen LogP contribution < -0.4 is 11.2 Å². The van der Waals surface area contributed by atoms with Crippen LogP contribution in [-0.2, 0) is 19.0 Å². The first kappa shape index (κ1) is 16.8. The summed E-state index contributed by atoms with van der Waals surface area (Å²) >= 11 is 0. The molecule has 0 radical (unpaired) electrons. The summed E-state index contributed by atoms with van der Waals surface area (Å²) in [6, 6.07) is 0. The molecule has 0 bridgehead atoms. The van der Waals surface area contributed by atoms with E-state index in [2.05, 4.69) is 0 Å². The first-order chi connectivity index (χ1) is 10.1. The van der Waals surface area contributed by atoms with Crippen molar-refractivity contribution >= 4 is 10.1 Å². The molecular weight excluding hydrogens is 320 g/mol. The molecule has 10 nitrogen and oxygen atoms in total. The molecule has 1 aromatic heterocycles. The smallest absolute Gasteiger partial charge is 0.330 e. The van der Waals surface area contributed by atoms with Gasteiger partial charge in [0.2, 0.25) is 0 Å². The van der Waals surface area contributed by atoms with E-state index in [1.54, 1.807) is 0 Å². The molecule has 0 amide bonds. The van der Waals surface area contributed by atoms with Gasteiger partial charge in [0.15, 0.2) is 6.23 Å². The minimum Gasteiger partial charge on any atom is -0.394 e. The van der Waals surface area contributed by atoms with Gasteiger partial charge in [-0.2, -0.15) is 8.42 Å². The molecule has 1 aliphatic rings. The van der Waals surface area contributed by atoms with Crippen molar-refractivity contribution in [2.45, 2.75) is 31.5 Å². The van der Waals surface area contributed by atoms with Crippen molar-refractivity contribution in [2.75, 3.05) is 12.9 Å². The Kier molecular flexibility index (Phi) is 4.54. The molecular formula is C11H16N2O8S. The third-order valence-electron chi connectivity index (χ3n) is 3.20. The standard InChI is InChI=1S/C11H16N2O8S/c1-5-3-13(11(17)12-9(5)16)10-7(15)8(6(4-14)20-10)21-22(2,18)19/h3,6-8,10,14-15H,4H2,1-2H3,(H,12,16,17)/t6-,7-,8+,10-/m1/s1. The summed E-state index contributed by atoms with van der Waals surface area (Å²) in [5.41, 5.74) is -1.23. The topological polar surface area (TPSA) is 148 Å². The summed E-state index contributed by atoms with van der Waals surface area (Å²) in [5.74, 6) is 0. The lowest BCUT2D eigenvalue weighted by atomic mass is 10.1. The second-order valence-electron chi connectivity index (χ2n) is 4.98. The lowest BCUT2D eigenvalue weighted by Gasteiger charge is -2.19. The maximum absolute atomic E-state index is 11.8. The Labute approximate surface area is 125 Å². The van der Waals surface area contributed by atoms with E-state index in [0.717, 1.165) is 10.8 Å². The fourth-order valence-electron chi connectivity index (χ4n) is 2.19. The van der Waals surface area contributed by atoms with Crippen LogP contribution in [0.2, 0.25) is 0 Å². The van der Waals surface area contributed by atoms with Gasteiger partial charge >= 0.3 is 5.69 Å². The average molecular weight is 336 g/mol.